The first-order valence-electron chi connectivity index (χ1n) is 7.22. The lowest BCUT2D eigenvalue weighted by molar-refractivity contribution is -0.274. The molecule has 1 atom stereocenters. The van der Waals surface area contributed by atoms with Crippen LogP contribution in [0.25, 0.3) is 0 Å². The van der Waals surface area contributed by atoms with E-state index in [1.807, 2.05) is 13.8 Å². The molecule has 23 heavy (non-hydrogen) atoms. The fraction of sp³-hybridized carbons (Fsp3) is 0.533. The van der Waals surface area contributed by atoms with Gasteiger partial charge in [0.25, 0.3) is 0 Å². The number of nitrogens with one attached hydrogen (secondary N) is 2. The number of alkyl halides is 3. The molecular formula is C15H21F3N2O3. The quantitative estimate of drug-likeness (QED) is 0.718. The van der Waals surface area contributed by atoms with Crippen molar-refractivity contribution in [2.24, 2.45) is 5.92 Å². The van der Waals surface area contributed by atoms with Crippen LogP contribution in [-0.2, 0) is 6.54 Å². The number of benzene rings is 1. The Morgan fingerprint density at radius 1 is 1.26 bits per heavy atom. The van der Waals surface area contributed by atoms with Crippen molar-refractivity contribution in [1.29, 1.82) is 0 Å². The second-order valence-corrected chi connectivity index (χ2v) is 5.37. The Kier molecular flexibility index (Phi) is 7.15. The van der Waals surface area contributed by atoms with E-state index in [0.717, 1.165) is 0 Å². The summed E-state index contributed by atoms with van der Waals surface area (Å²) in [5.74, 6) is -0.262. The molecule has 0 saturated carbocycles. The summed E-state index contributed by atoms with van der Waals surface area (Å²) in [6.45, 7) is 3.89. The Balaban J connectivity index is 2.44. The number of aliphatic hydroxyl groups is 1. The smallest absolute Gasteiger partial charge is 0.405 e. The summed E-state index contributed by atoms with van der Waals surface area (Å²) in [5, 5.41) is 14.6. The summed E-state index contributed by atoms with van der Waals surface area (Å²) >= 11 is 0. The first-order valence-corrected chi connectivity index (χ1v) is 7.22. The predicted molar refractivity (Wildman–Crippen MR) is 78.8 cm³/mol. The van der Waals surface area contributed by atoms with Crippen molar-refractivity contribution in [3.8, 4) is 5.75 Å². The average Bonchev–Trinajstić information content (AvgIpc) is 2.44. The van der Waals surface area contributed by atoms with E-state index in [9.17, 15) is 23.1 Å². The summed E-state index contributed by atoms with van der Waals surface area (Å²) < 4.78 is 40.7. The molecule has 1 aromatic rings. The Labute approximate surface area is 132 Å². The lowest BCUT2D eigenvalue weighted by Crippen LogP contribution is -2.37. The fourth-order valence-corrected chi connectivity index (χ4v) is 1.78. The maximum Gasteiger partial charge on any atom is 0.573 e. The minimum atomic E-state index is -4.79. The normalized spacial score (nSPS) is 12.8. The van der Waals surface area contributed by atoms with Gasteiger partial charge >= 0.3 is 12.4 Å². The van der Waals surface area contributed by atoms with Crippen LogP contribution in [0.3, 0.4) is 0 Å². The van der Waals surface area contributed by atoms with Crippen LogP contribution in [-0.4, -0.2) is 30.1 Å². The highest BCUT2D eigenvalue weighted by Crippen LogP contribution is 2.25. The monoisotopic (exact) mass is 334 g/mol. The number of hydrogen-bond donors (Lipinski definition) is 3. The summed E-state index contributed by atoms with van der Waals surface area (Å²) in [5.41, 5.74) is 0.210. The van der Waals surface area contributed by atoms with E-state index >= 15 is 0 Å². The van der Waals surface area contributed by atoms with Crippen LogP contribution < -0.4 is 15.4 Å². The highest BCUT2D eigenvalue weighted by Gasteiger charge is 2.31. The number of aliphatic hydroxyl groups excluding tert-OH is 1. The molecule has 2 amide bonds. The van der Waals surface area contributed by atoms with Crippen molar-refractivity contribution in [2.75, 3.05) is 6.54 Å². The van der Waals surface area contributed by atoms with Gasteiger partial charge in [-0.25, -0.2) is 4.79 Å². The number of halogens is 3. The van der Waals surface area contributed by atoms with Crippen LogP contribution in [0.2, 0.25) is 0 Å². The van der Waals surface area contributed by atoms with Crippen LogP contribution in [0, 0.1) is 5.92 Å². The Hall–Kier alpha value is -1.96. The maximum absolute atomic E-state index is 12.3. The molecular weight excluding hydrogens is 313 g/mol. The summed E-state index contributed by atoms with van der Waals surface area (Å²) in [7, 11) is 0. The molecule has 0 saturated heterocycles. The van der Waals surface area contributed by atoms with Gasteiger partial charge in [0.2, 0.25) is 0 Å². The summed E-state index contributed by atoms with van der Waals surface area (Å²) in [4.78, 5) is 11.6. The van der Waals surface area contributed by atoms with Crippen LogP contribution in [0.15, 0.2) is 24.3 Å². The SMILES string of the molecule is CC(C)C(O)CCNC(=O)NCc1ccccc1OC(F)(F)F. The number of carbonyl (C=O) groups is 1. The molecule has 0 aliphatic heterocycles. The lowest BCUT2D eigenvalue weighted by Gasteiger charge is -2.15. The zero-order chi connectivity index (χ0) is 17.5. The van der Waals surface area contributed by atoms with Crippen molar-refractivity contribution in [3.05, 3.63) is 29.8 Å². The van der Waals surface area contributed by atoms with E-state index in [-0.39, 0.29) is 30.3 Å². The molecule has 3 N–H and O–H groups in total. The van der Waals surface area contributed by atoms with Gasteiger partial charge in [0.05, 0.1) is 6.10 Å². The zero-order valence-corrected chi connectivity index (χ0v) is 13.0. The number of rotatable bonds is 7. The van der Waals surface area contributed by atoms with Crippen molar-refractivity contribution in [3.63, 3.8) is 0 Å². The Bertz CT molecular complexity index is 507. The van der Waals surface area contributed by atoms with Gasteiger partial charge in [0, 0.05) is 18.7 Å². The number of amides is 2. The maximum atomic E-state index is 12.3. The molecule has 1 unspecified atom stereocenters. The minimum absolute atomic E-state index is 0.0891. The average molecular weight is 334 g/mol. The molecule has 8 heteroatoms. The van der Waals surface area contributed by atoms with Gasteiger partial charge in [-0.1, -0.05) is 32.0 Å². The van der Waals surface area contributed by atoms with Gasteiger partial charge in [-0.05, 0) is 18.4 Å². The minimum Gasteiger partial charge on any atom is -0.405 e. The van der Waals surface area contributed by atoms with E-state index in [4.69, 9.17) is 0 Å². The molecule has 0 radical (unpaired) electrons. The second kappa shape index (κ2) is 8.61. The van der Waals surface area contributed by atoms with Gasteiger partial charge < -0.3 is 20.5 Å². The molecule has 1 aromatic carbocycles. The third kappa shape index (κ3) is 7.73. The van der Waals surface area contributed by atoms with Crippen molar-refractivity contribution in [1.82, 2.24) is 10.6 Å². The molecule has 5 nitrogen and oxygen atoms in total. The molecule has 130 valence electrons. The summed E-state index contributed by atoms with van der Waals surface area (Å²) in [6, 6.07) is 5.06. The molecule has 0 bridgehead atoms. The third-order valence-corrected chi connectivity index (χ3v) is 3.13. The summed E-state index contributed by atoms with van der Waals surface area (Å²) in [6.07, 6.45) is -4.90. The number of carbonyl (C=O) groups excluding carboxylic acids is 1. The van der Waals surface area contributed by atoms with Gasteiger partial charge in [-0.3, -0.25) is 0 Å². The highest BCUT2D eigenvalue weighted by atomic mass is 19.4. The predicted octanol–water partition coefficient (Wildman–Crippen LogP) is 2.79. The van der Waals surface area contributed by atoms with Crippen molar-refractivity contribution < 1.29 is 27.8 Å². The van der Waals surface area contributed by atoms with E-state index in [2.05, 4.69) is 15.4 Å². The Morgan fingerprint density at radius 2 is 1.91 bits per heavy atom. The van der Waals surface area contributed by atoms with Gasteiger partial charge in [0.15, 0.2) is 0 Å². The largest absolute Gasteiger partial charge is 0.573 e. The van der Waals surface area contributed by atoms with E-state index in [0.29, 0.717) is 6.42 Å². The number of urea groups is 1. The molecule has 0 heterocycles. The lowest BCUT2D eigenvalue weighted by atomic mass is 10.0. The third-order valence-electron chi connectivity index (χ3n) is 3.13. The van der Waals surface area contributed by atoms with Crippen molar-refractivity contribution in [2.45, 2.75) is 39.3 Å². The van der Waals surface area contributed by atoms with Crippen LogP contribution in [0.4, 0.5) is 18.0 Å². The first kappa shape index (κ1) is 19.1. The molecule has 0 fully saturated rings. The number of para-hydroxylation sites is 1. The Morgan fingerprint density at radius 3 is 2.52 bits per heavy atom. The van der Waals surface area contributed by atoms with Gasteiger partial charge in [-0.15, -0.1) is 13.2 Å². The van der Waals surface area contributed by atoms with Crippen LogP contribution in [0.1, 0.15) is 25.8 Å². The number of hydrogen-bond acceptors (Lipinski definition) is 3. The molecule has 0 aliphatic rings. The highest BCUT2D eigenvalue weighted by molar-refractivity contribution is 5.73. The van der Waals surface area contributed by atoms with Crippen molar-refractivity contribution >= 4 is 6.03 Å². The van der Waals surface area contributed by atoms with Crippen LogP contribution in [0.5, 0.6) is 5.75 Å². The van der Waals surface area contributed by atoms with Crippen LogP contribution >= 0.6 is 0 Å². The van der Waals surface area contributed by atoms with E-state index < -0.39 is 18.5 Å². The topological polar surface area (TPSA) is 70.6 Å². The van der Waals surface area contributed by atoms with E-state index in [1.165, 1.54) is 18.2 Å². The van der Waals surface area contributed by atoms with Gasteiger partial charge in [0.1, 0.15) is 5.75 Å². The first-order chi connectivity index (χ1) is 10.7. The zero-order valence-electron chi connectivity index (χ0n) is 13.0. The molecule has 1 rings (SSSR count). The second-order valence-electron chi connectivity index (χ2n) is 5.37. The fourth-order valence-electron chi connectivity index (χ4n) is 1.78. The van der Waals surface area contributed by atoms with Gasteiger partial charge in [-0.2, -0.15) is 0 Å². The van der Waals surface area contributed by atoms with E-state index in [1.54, 1.807) is 6.07 Å². The molecule has 0 spiro atoms. The molecule has 0 aromatic heterocycles. The number of ether oxygens (including phenoxy) is 1. The molecule has 0 aliphatic carbocycles. The standard InChI is InChI=1S/C15H21F3N2O3/c1-10(2)12(21)7-8-19-14(22)20-9-11-5-3-4-6-13(11)23-15(16,17)18/h3-6,10,12,21H,7-9H2,1-2H3,(H2,19,20,22).